The van der Waals surface area contributed by atoms with Crippen LogP contribution in [0.2, 0.25) is 0 Å². The molecule has 0 atom stereocenters. The van der Waals surface area contributed by atoms with Gasteiger partial charge in [0, 0.05) is 21.5 Å². The van der Waals surface area contributed by atoms with Gasteiger partial charge in [0.2, 0.25) is 0 Å². The molecule has 0 unspecified atom stereocenters. The molecule has 0 aromatic heterocycles. The summed E-state index contributed by atoms with van der Waals surface area (Å²) in [4.78, 5) is 11.7. The smallest absolute Gasteiger partial charge is 0.257 e. The van der Waals surface area contributed by atoms with Crippen molar-refractivity contribution in [1.29, 1.82) is 0 Å². The van der Waals surface area contributed by atoms with Gasteiger partial charge >= 0.3 is 0 Å². The van der Waals surface area contributed by atoms with Gasteiger partial charge in [0.15, 0.2) is 6.61 Å². The minimum atomic E-state index is -0.0808. The number of benzene rings is 1. The predicted molar refractivity (Wildman–Crippen MR) is 94.3 cm³/mol. The molecule has 0 aliphatic heterocycles. The number of carbonyl (C=O) groups excluding carboxylic acids is 1. The van der Waals surface area contributed by atoms with Crippen LogP contribution in [0.1, 0.15) is 31.9 Å². The Labute approximate surface area is 140 Å². The van der Waals surface area contributed by atoms with Crippen molar-refractivity contribution in [3.8, 4) is 5.75 Å². The van der Waals surface area contributed by atoms with Gasteiger partial charge in [-0.2, -0.15) is 11.8 Å². The molecule has 0 spiro atoms. The van der Waals surface area contributed by atoms with Crippen LogP contribution >= 0.6 is 27.7 Å². The summed E-state index contributed by atoms with van der Waals surface area (Å²) in [5.74, 6) is 1.56. The average Bonchev–Trinajstić information content (AvgIpc) is 2.37. The first-order valence-corrected chi connectivity index (χ1v) is 8.77. The second-order valence-electron chi connectivity index (χ2n) is 5.97. The number of aryl methyl sites for hydroxylation is 2. The van der Waals surface area contributed by atoms with E-state index in [-0.39, 0.29) is 17.3 Å². The largest absolute Gasteiger partial charge is 0.484 e. The number of rotatable bonds is 6. The molecule has 21 heavy (non-hydrogen) atoms. The Morgan fingerprint density at radius 1 is 1.29 bits per heavy atom. The van der Waals surface area contributed by atoms with Crippen LogP contribution < -0.4 is 10.1 Å². The van der Waals surface area contributed by atoms with Gasteiger partial charge in [-0.1, -0.05) is 36.7 Å². The van der Waals surface area contributed by atoms with E-state index in [1.54, 1.807) is 0 Å². The molecule has 1 N–H and O–H groups in total. The van der Waals surface area contributed by atoms with E-state index < -0.39 is 0 Å². The Balaban J connectivity index is 2.33. The summed E-state index contributed by atoms with van der Waals surface area (Å²) in [5.41, 5.74) is 2.21. The summed E-state index contributed by atoms with van der Waals surface area (Å²) in [7, 11) is 0. The highest BCUT2D eigenvalue weighted by Gasteiger charge is 2.10. The zero-order valence-electron chi connectivity index (χ0n) is 13.4. The lowest BCUT2D eigenvalue weighted by molar-refractivity contribution is -0.122. The molecule has 0 aliphatic rings. The quantitative estimate of drug-likeness (QED) is 0.763. The highest BCUT2D eigenvalue weighted by Crippen LogP contribution is 2.26. The Hall–Kier alpha value is -0.680. The molecule has 118 valence electrons. The van der Waals surface area contributed by atoms with Crippen molar-refractivity contribution in [2.45, 2.75) is 39.4 Å². The second-order valence-corrected chi connectivity index (χ2v) is 8.69. The topological polar surface area (TPSA) is 38.3 Å². The summed E-state index contributed by atoms with van der Waals surface area (Å²) in [6, 6.07) is 3.86. The fourth-order valence-corrected chi connectivity index (χ4v) is 2.78. The van der Waals surface area contributed by atoms with Crippen LogP contribution in [0.15, 0.2) is 16.6 Å². The van der Waals surface area contributed by atoms with Gasteiger partial charge in [-0.05, 0) is 37.1 Å². The highest BCUT2D eigenvalue weighted by atomic mass is 79.9. The van der Waals surface area contributed by atoms with Gasteiger partial charge in [0.25, 0.3) is 5.91 Å². The zero-order valence-corrected chi connectivity index (χ0v) is 15.8. The molecule has 0 fully saturated rings. The van der Waals surface area contributed by atoms with E-state index in [1.807, 2.05) is 37.7 Å². The van der Waals surface area contributed by atoms with Crippen LogP contribution in [0.5, 0.6) is 5.75 Å². The molecule has 0 saturated heterocycles. The normalized spacial score (nSPS) is 11.3. The first-order valence-electron chi connectivity index (χ1n) is 6.99. The van der Waals surface area contributed by atoms with Crippen molar-refractivity contribution in [3.63, 3.8) is 0 Å². The van der Waals surface area contributed by atoms with Crippen LogP contribution in [0.4, 0.5) is 0 Å². The van der Waals surface area contributed by atoms with E-state index in [0.717, 1.165) is 27.1 Å². The molecule has 5 heteroatoms. The van der Waals surface area contributed by atoms with Crippen molar-refractivity contribution in [1.82, 2.24) is 5.32 Å². The highest BCUT2D eigenvalue weighted by molar-refractivity contribution is 9.10. The number of carbonyl (C=O) groups is 1. The Kier molecular flexibility index (Phi) is 7.07. The van der Waals surface area contributed by atoms with Crippen LogP contribution in [-0.2, 0) is 4.79 Å². The summed E-state index contributed by atoms with van der Waals surface area (Å²) in [6.45, 7) is 11.2. The van der Waals surface area contributed by atoms with E-state index in [0.29, 0.717) is 6.54 Å². The fraction of sp³-hybridized carbons (Fsp3) is 0.562. The number of nitrogens with one attached hydrogen (secondary N) is 1. The van der Waals surface area contributed by atoms with Gasteiger partial charge in [-0.3, -0.25) is 4.79 Å². The molecule has 0 bridgehead atoms. The van der Waals surface area contributed by atoms with Crippen molar-refractivity contribution in [3.05, 3.63) is 27.7 Å². The van der Waals surface area contributed by atoms with E-state index in [1.165, 1.54) is 0 Å². The van der Waals surface area contributed by atoms with E-state index >= 15 is 0 Å². The van der Waals surface area contributed by atoms with Gasteiger partial charge in [0.1, 0.15) is 5.75 Å². The molecular formula is C16H24BrNO2S. The lowest BCUT2D eigenvalue weighted by Crippen LogP contribution is -2.31. The summed E-state index contributed by atoms with van der Waals surface area (Å²) < 4.78 is 6.85. The fourth-order valence-electron chi connectivity index (χ4n) is 1.74. The van der Waals surface area contributed by atoms with E-state index in [2.05, 4.69) is 42.0 Å². The molecule has 0 heterocycles. The molecule has 1 amide bonds. The third kappa shape index (κ3) is 7.23. The lowest BCUT2D eigenvalue weighted by atomic mass is 10.1. The van der Waals surface area contributed by atoms with E-state index in [9.17, 15) is 4.79 Å². The predicted octanol–water partition coefficient (Wildman–Crippen LogP) is 4.09. The van der Waals surface area contributed by atoms with Crippen LogP contribution in [-0.4, -0.2) is 29.6 Å². The molecule has 1 rings (SSSR count). The average molecular weight is 374 g/mol. The summed E-state index contributed by atoms with van der Waals surface area (Å²) >= 11 is 5.35. The maximum Gasteiger partial charge on any atom is 0.257 e. The maximum absolute atomic E-state index is 11.7. The SMILES string of the molecule is Cc1cc(OCC(=O)NCCSC(C)(C)C)cc(C)c1Br. The standard InChI is InChI=1S/C16H24BrNO2S/c1-11-8-13(9-12(2)15(11)17)20-10-14(19)18-6-7-21-16(3,4)5/h8-9H,6-7,10H2,1-5H3,(H,18,19). The lowest BCUT2D eigenvalue weighted by Gasteiger charge is -2.17. The number of amides is 1. The first kappa shape index (κ1) is 18.4. The van der Waals surface area contributed by atoms with Crippen molar-refractivity contribution in [2.24, 2.45) is 0 Å². The summed E-state index contributed by atoms with van der Waals surface area (Å²) in [5, 5.41) is 2.87. The third-order valence-electron chi connectivity index (χ3n) is 2.74. The van der Waals surface area contributed by atoms with Crippen molar-refractivity contribution < 1.29 is 9.53 Å². The molecule has 1 aromatic rings. The van der Waals surface area contributed by atoms with Crippen LogP contribution in [0.3, 0.4) is 0 Å². The van der Waals surface area contributed by atoms with Crippen LogP contribution in [0, 0.1) is 13.8 Å². The monoisotopic (exact) mass is 373 g/mol. The number of hydrogen-bond donors (Lipinski definition) is 1. The molecule has 0 radical (unpaired) electrons. The molecular weight excluding hydrogens is 350 g/mol. The number of hydrogen-bond acceptors (Lipinski definition) is 3. The third-order valence-corrected chi connectivity index (χ3v) is 5.26. The Morgan fingerprint density at radius 3 is 2.38 bits per heavy atom. The number of ether oxygens (including phenoxy) is 1. The molecule has 3 nitrogen and oxygen atoms in total. The number of halogens is 1. The van der Waals surface area contributed by atoms with Crippen molar-refractivity contribution >= 4 is 33.6 Å². The second kappa shape index (κ2) is 8.08. The Bertz CT molecular complexity index is 475. The molecule has 0 aliphatic carbocycles. The molecule has 1 aromatic carbocycles. The van der Waals surface area contributed by atoms with Gasteiger partial charge in [-0.25, -0.2) is 0 Å². The van der Waals surface area contributed by atoms with Gasteiger partial charge in [0.05, 0.1) is 0 Å². The zero-order chi connectivity index (χ0) is 16.0. The van der Waals surface area contributed by atoms with Gasteiger partial charge in [-0.15, -0.1) is 0 Å². The maximum atomic E-state index is 11.7. The first-order chi connectivity index (χ1) is 9.69. The molecule has 0 saturated carbocycles. The van der Waals surface area contributed by atoms with E-state index in [4.69, 9.17) is 4.74 Å². The minimum absolute atomic E-state index is 0.0562. The Morgan fingerprint density at radius 2 is 1.86 bits per heavy atom. The van der Waals surface area contributed by atoms with Gasteiger partial charge < -0.3 is 10.1 Å². The minimum Gasteiger partial charge on any atom is -0.484 e. The van der Waals surface area contributed by atoms with Crippen LogP contribution in [0.25, 0.3) is 0 Å². The van der Waals surface area contributed by atoms with Crippen molar-refractivity contribution in [2.75, 3.05) is 18.9 Å². The summed E-state index contributed by atoms with van der Waals surface area (Å²) in [6.07, 6.45) is 0. The number of thioether (sulfide) groups is 1.